The van der Waals surface area contributed by atoms with E-state index >= 15 is 0 Å². The molecule has 0 bridgehead atoms. The summed E-state index contributed by atoms with van der Waals surface area (Å²) in [4.78, 5) is 0. The first-order chi connectivity index (χ1) is 6.27. The summed E-state index contributed by atoms with van der Waals surface area (Å²) < 4.78 is 0. The SMILES string of the molecule is CCc1ccc(C(N)CCN)cc1. The minimum atomic E-state index is 0.0934. The van der Waals surface area contributed by atoms with Crippen LogP contribution in [0.5, 0.6) is 0 Å². The first-order valence-electron chi connectivity index (χ1n) is 4.82. The monoisotopic (exact) mass is 178 g/mol. The fourth-order valence-corrected chi connectivity index (χ4v) is 1.35. The van der Waals surface area contributed by atoms with E-state index in [1.165, 1.54) is 11.1 Å². The Morgan fingerprint density at radius 1 is 1.23 bits per heavy atom. The molecule has 13 heavy (non-hydrogen) atoms. The van der Waals surface area contributed by atoms with Crippen LogP contribution in [0.15, 0.2) is 24.3 Å². The molecular formula is C11H18N2. The number of rotatable bonds is 4. The minimum Gasteiger partial charge on any atom is -0.330 e. The predicted molar refractivity (Wildman–Crippen MR) is 56.4 cm³/mol. The normalized spacial score (nSPS) is 12.8. The van der Waals surface area contributed by atoms with Gasteiger partial charge in [-0.25, -0.2) is 0 Å². The number of benzene rings is 1. The van der Waals surface area contributed by atoms with Crippen molar-refractivity contribution in [1.29, 1.82) is 0 Å². The molecule has 0 aromatic heterocycles. The standard InChI is InChI=1S/C11H18N2/c1-2-9-3-5-10(6-4-9)11(13)7-8-12/h3-6,11H,2,7-8,12-13H2,1H3. The highest BCUT2D eigenvalue weighted by atomic mass is 14.7. The third kappa shape index (κ3) is 2.83. The van der Waals surface area contributed by atoms with Crippen LogP contribution in [0.4, 0.5) is 0 Å². The molecular weight excluding hydrogens is 160 g/mol. The summed E-state index contributed by atoms with van der Waals surface area (Å²) in [5.74, 6) is 0. The van der Waals surface area contributed by atoms with Crippen LogP contribution in [0.3, 0.4) is 0 Å². The molecule has 0 radical (unpaired) electrons. The molecule has 0 aliphatic carbocycles. The van der Waals surface area contributed by atoms with Gasteiger partial charge in [-0.1, -0.05) is 31.2 Å². The van der Waals surface area contributed by atoms with Gasteiger partial charge in [-0.2, -0.15) is 0 Å². The van der Waals surface area contributed by atoms with E-state index in [1.807, 2.05) is 0 Å². The molecule has 0 spiro atoms. The van der Waals surface area contributed by atoms with Gasteiger partial charge < -0.3 is 11.5 Å². The van der Waals surface area contributed by atoms with Crippen LogP contribution in [-0.2, 0) is 6.42 Å². The Balaban J connectivity index is 2.67. The van der Waals surface area contributed by atoms with Crippen molar-refractivity contribution in [2.75, 3.05) is 6.54 Å². The first kappa shape index (κ1) is 10.2. The van der Waals surface area contributed by atoms with Crippen molar-refractivity contribution in [3.8, 4) is 0 Å². The number of hydrogen-bond acceptors (Lipinski definition) is 2. The van der Waals surface area contributed by atoms with Crippen LogP contribution in [0.2, 0.25) is 0 Å². The van der Waals surface area contributed by atoms with Crippen LogP contribution in [-0.4, -0.2) is 6.54 Å². The van der Waals surface area contributed by atoms with Gasteiger partial charge in [0.15, 0.2) is 0 Å². The third-order valence-corrected chi connectivity index (χ3v) is 2.29. The zero-order valence-electron chi connectivity index (χ0n) is 8.16. The van der Waals surface area contributed by atoms with Gasteiger partial charge in [0.05, 0.1) is 0 Å². The Morgan fingerprint density at radius 3 is 2.31 bits per heavy atom. The summed E-state index contributed by atoms with van der Waals surface area (Å²) in [6.45, 7) is 2.80. The van der Waals surface area contributed by atoms with Gasteiger partial charge in [0, 0.05) is 6.04 Å². The van der Waals surface area contributed by atoms with E-state index in [2.05, 4.69) is 31.2 Å². The average molecular weight is 178 g/mol. The van der Waals surface area contributed by atoms with Crippen molar-refractivity contribution in [2.24, 2.45) is 11.5 Å². The summed E-state index contributed by atoms with van der Waals surface area (Å²) >= 11 is 0. The molecule has 0 heterocycles. The topological polar surface area (TPSA) is 52.0 Å². The Morgan fingerprint density at radius 2 is 1.85 bits per heavy atom. The van der Waals surface area contributed by atoms with E-state index in [9.17, 15) is 0 Å². The van der Waals surface area contributed by atoms with Gasteiger partial charge in [0.25, 0.3) is 0 Å². The summed E-state index contributed by atoms with van der Waals surface area (Å²) in [5.41, 5.74) is 13.9. The maximum absolute atomic E-state index is 5.92. The molecule has 0 fully saturated rings. The van der Waals surface area contributed by atoms with Crippen molar-refractivity contribution < 1.29 is 0 Å². The number of nitrogens with two attached hydrogens (primary N) is 2. The lowest BCUT2D eigenvalue weighted by molar-refractivity contribution is 0.661. The van der Waals surface area contributed by atoms with Crippen LogP contribution < -0.4 is 11.5 Å². The first-order valence-corrected chi connectivity index (χ1v) is 4.82. The third-order valence-electron chi connectivity index (χ3n) is 2.29. The molecule has 2 nitrogen and oxygen atoms in total. The molecule has 2 heteroatoms. The van der Waals surface area contributed by atoms with Crippen LogP contribution in [0.25, 0.3) is 0 Å². The van der Waals surface area contributed by atoms with Crippen LogP contribution >= 0.6 is 0 Å². The maximum atomic E-state index is 5.92. The fraction of sp³-hybridized carbons (Fsp3) is 0.455. The molecule has 0 aliphatic rings. The van der Waals surface area contributed by atoms with Gasteiger partial charge in [-0.3, -0.25) is 0 Å². The fourth-order valence-electron chi connectivity index (χ4n) is 1.35. The lowest BCUT2D eigenvalue weighted by Crippen LogP contribution is -2.15. The molecule has 0 saturated carbocycles. The van der Waals surface area contributed by atoms with Crippen molar-refractivity contribution in [1.82, 2.24) is 0 Å². The van der Waals surface area contributed by atoms with Gasteiger partial charge in [-0.15, -0.1) is 0 Å². The van der Waals surface area contributed by atoms with Crippen molar-refractivity contribution in [3.05, 3.63) is 35.4 Å². The predicted octanol–water partition coefficient (Wildman–Crippen LogP) is 1.60. The van der Waals surface area contributed by atoms with Crippen molar-refractivity contribution >= 4 is 0 Å². The molecule has 0 amide bonds. The zero-order valence-corrected chi connectivity index (χ0v) is 8.16. The highest BCUT2D eigenvalue weighted by Crippen LogP contribution is 2.14. The number of aryl methyl sites for hydroxylation is 1. The molecule has 1 unspecified atom stereocenters. The average Bonchev–Trinajstić information content (AvgIpc) is 2.18. The van der Waals surface area contributed by atoms with Gasteiger partial charge in [-0.05, 0) is 30.5 Å². The van der Waals surface area contributed by atoms with E-state index in [0.717, 1.165) is 12.8 Å². The molecule has 1 rings (SSSR count). The minimum absolute atomic E-state index is 0.0934. The molecule has 4 N–H and O–H groups in total. The van der Waals surface area contributed by atoms with Gasteiger partial charge >= 0.3 is 0 Å². The number of hydrogen-bond donors (Lipinski definition) is 2. The molecule has 72 valence electrons. The highest BCUT2D eigenvalue weighted by Gasteiger charge is 2.03. The quantitative estimate of drug-likeness (QED) is 0.735. The van der Waals surface area contributed by atoms with Crippen molar-refractivity contribution in [2.45, 2.75) is 25.8 Å². The smallest absolute Gasteiger partial charge is 0.0306 e. The summed E-state index contributed by atoms with van der Waals surface area (Å²) in [5, 5.41) is 0. The maximum Gasteiger partial charge on any atom is 0.0306 e. The van der Waals surface area contributed by atoms with E-state index in [0.29, 0.717) is 6.54 Å². The van der Waals surface area contributed by atoms with Crippen molar-refractivity contribution in [3.63, 3.8) is 0 Å². The van der Waals surface area contributed by atoms with Crippen LogP contribution in [0.1, 0.15) is 30.5 Å². The Labute approximate surface area is 79.9 Å². The molecule has 0 saturated heterocycles. The molecule has 1 aromatic carbocycles. The summed E-state index contributed by atoms with van der Waals surface area (Å²) in [6.07, 6.45) is 1.93. The summed E-state index contributed by atoms with van der Waals surface area (Å²) in [7, 11) is 0. The molecule has 0 aliphatic heterocycles. The van der Waals surface area contributed by atoms with E-state index in [-0.39, 0.29) is 6.04 Å². The Kier molecular flexibility index (Phi) is 3.93. The second-order valence-corrected chi connectivity index (χ2v) is 3.28. The Hall–Kier alpha value is -0.860. The molecule has 1 atom stereocenters. The second kappa shape index (κ2) is 5.00. The van der Waals surface area contributed by atoms with Gasteiger partial charge in [0.2, 0.25) is 0 Å². The van der Waals surface area contributed by atoms with E-state index in [4.69, 9.17) is 11.5 Å². The molecule has 1 aromatic rings. The van der Waals surface area contributed by atoms with E-state index < -0.39 is 0 Å². The van der Waals surface area contributed by atoms with E-state index in [1.54, 1.807) is 0 Å². The lowest BCUT2D eigenvalue weighted by atomic mass is 10.0. The lowest BCUT2D eigenvalue weighted by Gasteiger charge is -2.10. The summed E-state index contributed by atoms with van der Waals surface area (Å²) in [6, 6.07) is 8.55. The van der Waals surface area contributed by atoms with Crippen LogP contribution in [0, 0.1) is 0 Å². The second-order valence-electron chi connectivity index (χ2n) is 3.28. The highest BCUT2D eigenvalue weighted by molar-refractivity contribution is 5.24. The van der Waals surface area contributed by atoms with Gasteiger partial charge in [0.1, 0.15) is 0 Å². The zero-order chi connectivity index (χ0) is 9.68. The largest absolute Gasteiger partial charge is 0.330 e. The Bertz CT molecular complexity index is 241.